The zero-order chi connectivity index (χ0) is 20.4. The second-order valence-electron chi connectivity index (χ2n) is 6.89. The third kappa shape index (κ3) is 4.10. The van der Waals surface area contributed by atoms with Gasteiger partial charge in [-0.2, -0.15) is 0 Å². The summed E-state index contributed by atoms with van der Waals surface area (Å²) in [6, 6.07) is 5.66. The van der Waals surface area contributed by atoms with Gasteiger partial charge in [-0.05, 0) is 24.8 Å². The van der Waals surface area contributed by atoms with Crippen molar-refractivity contribution in [1.29, 1.82) is 5.41 Å². The largest absolute Gasteiger partial charge is 0.376 e. The molecular formula is C18H21F2N5O3. The number of rotatable bonds is 8. The molecule has 1 saturated carbocycles. The Balaban J connectivity index is 1.65. The van der Waals surface area contributed by atoms with E-state index in [1.54, 1.807) is 18.2 Å². The standard InChI is InChI=1S/C18H21F2N5O3/c19-14(20)7-24-18(28)13-6-9-5-12(9)25(13)15(26)8-23-11-4-2-1-3-10(11)16(21)17(22)27/h1-4,9,12-14,21,23H,5-8H2,(H2,22,27)(H,24,28)/t9-,12-,13+/m1/s1. The molecule has 2 aliphatic rings. The predicted octanol–water partition coefficient (Wildman–Crippen LogP) is 0.322. The molecule has 8 nitrogen and oxygen atoms in total. The Morgan fingerprint density at radius 3 is 2.64 bits per heavy atom. The number of hydrogen-bond donors (Lipinski definition) is 4. The molecule has 10 heteroatoms. The number of likely N-dealkylation sites (tertiary alicyclic amines) is 1. The van der Waals surface area contributed by atoms with Crippen molar-refractivity contribution in [3.63, 3.8) is 0 Å². The molecular weight excluding hydrogens is 372 g/mol. The molecule has 0 spiro atoms. The summed E-state index contributed by atoms with van der Waals surface area (Å²) in [5, 5.41) is 12.8. The van der Waals surface area contributed by atoms with E-state index in [4.69, 9.17) is 11.1 Å². The van der Waals surface area contributed by atoms with Crippen LogP contribution in [0.3, 0.4) is 0 Å². The fourth-order valence-electron chi connectivity index (χ4n) is 3.59. The smallest absolute Gasteiger partial charge is 0.267 e. The number of piperidine rings is 1. The average Bonchev–Trinajstić information content (AvgIpc) is 3.33. The predicted molar refractivity (Wildman–Crippen MR) is 97.1 cm³/mol. The SMILES string of the molecule is N=C(C(N)=O)c1ccccc1NCC(=O)N1[C@@H]2C[C@@H]2C[C@H]1C(=O)NCC(F)F. The third-order valence-corrected chi connectivity index (χ3v) is 5.00. The summed E-state index contributed by atoms with van der Waals surface area (Å²) in [6.07, 6.45) is -1.38. The molecule has 3 rings (SSSR count). The minimum Gasteiger partial charge on any atom is -0.376 e. The highest BCUT2D eigenvalue weighted by atomic mass is 19.3. The molecule has 1 saturated heterocycles. The van der Waals surface area contributed by atoms with Crippen molar-refractivity contribution in [3.05, 3.63) is 29.8 Å². The van der Waals surface area contributed by atoms with Crippen LogP contribution in [0.1, 0.15) is 18.4 Å². The Morgan fingerprint density at radius 2 is 1.96 bits per heavy atom. The van der Waals surface area contributed by atoms with Crippen molar-refractivity contribution in [1.82, 2.24) is 10.2 Å². The highest BCUT2D eigenvalue weighted by Crippen LogP contribution is 2.47. The van der Waals surface area contributed by atoms with Crippen LogP contribution >= 0.6 is 0 Å². The molecule has 2 fully saturated rings. The van der Waals surface area contributed by atoms with Gasteiger partial charge in [0.25, 0.3) is 12.3 Å². The summed E-state index contributed by atoms with van der Waals surface area (Å²) in [5.74, 6) is -1.59. The fraction of sp³-hybridized carbons (Fsp3) is 0.444. The quantitative estimate of drug-likeness (QED) is 0.474. The van der Waals surface area contributed by atoms with Crippen LogP contribution in [0.5, 0.6) is 0 Å². The fourth-order valence-corrected chi connectivity index (χ4v) is 3.59. The van der Waals surface area contributed by atoms with E-state index in [0.717, 1.165) is 6.42 Å². The van der Waals surface area contributed by atoms with E-state index in [1.165, 1.54) is 11.0 Å². The van der Waals surface area contributed by atoms with Crippen molar-refractivity contribution >= 4 is 29.1 Å². The number of carbonyl (C=O) groups is 3. The van der Waals surface area contributed by atoms with E-state index in [0.29, 0.717) is 12.1 Å². The van der Waals surface area contributed by atoms with Crippen molar-refractivity contribution in [2.75, 3.05) is 18.4 Å². The van der Waals surface area contributed by atoms with Crippen molar-refractivity contribution in [2.45, 2.75) is 31.4 Å². The molecule has 0 aromatic heterocycles. The van der Waals surface area contributed by atoms with Gasteiger partial charge in [0.2, 0.25) is 11.8 Å². The molecule has 1 aliphatic heterocycles. The summed E-state index contributed by atoms with van der Waals surface area (Å²) in [7, 11) is 0. The topological polar surface area (TPSA) is 128 Å². The molecule has 5 N–H and O–H groups in total. The number of nitrogens with zero attached hydrogens (tertiary/aromatic N) is 1. The van der Waals surface area contributed by atoms with Crippen LogP contribution in [0.4, 0.5) is 14.5 Å². The number of anilines is 1. The number of benzene rings is 1. The van der Waals surface area contributed by atoms with Crippen molar-refractivity contribution in [3.8, 4) is 0 Å². The minimum atomic E-state index is -2.65. The maximum atomic E-state index is 12.7. The van der Waals surface area contributed by atoms with E-state index in [1.807, 2.05) is 0 Å². The molecule has 150 valence electrons. The first-order chi connectivity index (χ1) is 13.3. The van der Waals surface area contributed by atoms with Crippen molar-refractivity contribution < 1.29 is 23.2 Å². The highest BCUT2D eigenvalue weighted by molar-refractivity contribution is 6.44. The summed E-state index contributed by atoms with van der Waals surface area (Å²) in [4.78, 5) is 37.6. The van der Waals surface area contributed by atoms with Gasteiger partial charge in [0, 0.05) is 17.3 Å². The maximum Gasteiger partial charge on any atom is 0.267 e. The molecule has 3 amide bonds. The van der Waals surface area contributed by atoms with Crippen LogP contribution in [0, 0.1) is 11.3 Å². The molecule has 1 aromatic rings. The molecule has 1 aliphatic carbocycles. The highest BCUT2D eigenvalue weighted by Gasteiger charge is 2.55. The Bertz CT molecular complexity index is 816. The third-order valence-electron chi connectivity index (χ3n) is 5.00. The van der Waals surface area contributed by atoms with Gasteiger partial charge in [0.05, 0.1) is 13.1 Å². The van der Waals surface area contributed by atoms with Crippen LogP contribution in [-0.4, -0.2) is 59.9 Å². The van der Waals surface area contributed by atoms with Gasteiger partial charge in [0.15, 0.2) is 0 Å². The second-order valence-corrected chi connectivity index (χ2v) is 6.89. The van der Waals surface area contributed by atoms with Gasteiger partial charge < -0.3 is 21.3 Å². The van der Waals surface area contributed by atoms with Crippen LogP contribution in [0.15, 0.2) is 24.3 Å². The summed E-state index contributed by atoms with van der Waals surface area (Å²) >= 11 is 0. The maximum absolute atomic E-state index is 12.7. The van der Waals surface area contributed by atoms with Crippen LogP contribution in [0.2, 0.25) is 0 Å². The molecule has 1 aromatic carbocycles. The van der Waals surface area contributed by atoms with Crippen molar-refractivity contribution in [2.24, 2.45) is 11.7 Å². The minimum absolute atomic E-state index is 0.0456. The summed E-state index contributed by atoms with van der Waals surface area (Å²) in [5.41, 5.74) is 5.42. The van der Waals surface area contributed by atoms with Crippen LogP contribution in [0.25, 0.3) is 0 Å². The zero-order valence-corrected chi connectivity index (χ0v) is 15.0. The van der Waals surface area contributed by atoms with E-state index in [2.05, 4.69) is 10.6 Å². The first-order valence-electron chi connectivity index (χ1n) is 8.88. The number of hydrogen-bond acceptors (Lipinski definition) is 5. The first-order valence-corrected chi connectivity index (χ1v) is 8.88. The molecule has 3 atom stereocenters. The van der Waals surface area contributed by atoms with E-state index in [9.17, 15) is 23.2 Å². The van der Waals surface area contributed by atoms with Gasteiger partial charge in [-0.15, -0.1) is 0 Å². The number of amides is 3. The number of para-hydroxylation sites is 1. The second kappa shape index (κ2) is 7.91. The van der Waals surface area contributed by atoms with E-state index in [-0.39, 0.29) is 35.7 Å². The molecule has 0 bridgehead atoms. The first kappa shape index (κ1) is 19.7. The summed E-state index contributed by atoms with van der Waals surface area (Å²) in [6.45, 7) is -0.904. The number of nitrogens with one attached hydrogen (secondary N) is 3. The zero-order valence-electron chi connectivity index (χ0n) is 15.0. The molecule has 0 radical (unpaired) electrons. The normalized spacial score (nSPS) is 22.5. The molecule has 0 unspecified atom stereocenters. The lowest BCUT2D eigenvalue weighted by Gasteiger charge is -2.27. The van der Waals surface area contributed by atoms with Crippen LogP contribution < -0.4 is 16.4 Å². The number of nitrogens with two attached hydrogens (primary N) is 1. The Hall–Kier alpha value is -3.04. The Morgan fingerprint density at radius 1 is 1.25 bits per heavy atom. The van der Waals surface area contributed by atoms with Gasteiger partial charge >= 0.3 is 0 Å². The van der Waals surface area contributed by atoms with Gasteiger partial charge in [0.1, 0.15) is 11.8 Å². The number of carbonyl (C=O) groups excluding carboxylic acids is 3. The number of halogens is 2. The number of alkyl halides is 2. The van der Waals surface area contributed by atoms with Crippen LogP contribution in [-0.2, 0) is 14.4 Å². The average molecular weight is 393 g/mol. The lowest BCUT2D eigenvalue weighted by atomic mass is 10.1. The Labute approximate surface area is 159 Å². The van der Waals surface area contributed by atoms with Gasteiger partial charge in [-0.1, -0.05) is 18.2 Å². The molecule has 1 heterocycles. The van der Waals surface area contributed by atoms with Gasteiger partial charge in [-0.3, -0.25) is 19.8 Å². The lowest BCUT2D eigenvalue weighted by molar-refractivity contribution is -0.138. The molecule has 28 heavy (non-hydrogen) atoms. The summed E-state index contributed by atoms with van der Waals surface area (Å²) < 4.78 is 24.7. The lowest BCUT2D eigenvalue weighted by Crippen LogP contribution is -2.50. The number of primary amides is 1. The van der Waals surface area contributed by atoms with E-state index < -0.39 is 30.8 Å². The monoisotopic (exact) mass is 393 g/mol. The van der Waals surface area contributed by atoms with Gasteiger partial charge in [-0.25, -0.2) is 8.78 Å². The van der Waals surface area contributed by atoms with E-state index >= 15 is 0 Å². The Kier molecular flexibility index (Phi) is 5.57. The number of fused-ring (bicyclic) bond motifs is 1.